The first-order chi connectivity index (χ1) is 9.40. The molecule has 1 aromatic carbocycles. The zero-order valence-electron chi connectivity index (χ0n) is 10.9. The van der Waals surface area contributed by atoms with Crippen molar-refractivity contribution in [2.24, 2.45) is 5.92 Å². The molecule has 0 bridgehead atoms. The summed E-state index contributed by atoms with van der Waals surface area (Å²) in [5.41, 5.74) is 0.539. The van der Waals surface area contributed by atoms with Gasteiger partial charge in [0.1, 0.15) is 0 Å². The number of hydrogen-bond donors (Lipinski definition) is 1. The van der Waals surface area contributed by atoms with Crippen LogP contribution in [0.4, 0.5) is 0 Å². The Bertz CT molecular complexity index is 611. The van der Waals surface area contributed by atoms with Gasteiger partial charge in [0.25, 0.3) is 0 Å². The fourth-order valence-electron chi connectivity index (χ4n) is 1.94. The van der Waals surface area contributed by atoms with E-state index in [1.54, 1.807) is 0 Å². The highest BCUT2D eigenvalue weighted by Gasteiger charge is 2.30. The molecule has 0 heterocycles. The Balaban J connectivity index is 2.04. The van der Waals surface area contributed by atoms with E-state index in [-0.39, 0.29) is 35.2 Å². The van der Waals surface area contributed by atoms with Gasteiger partial charge in [0, 0.05) is 17.9 Å². The average molecular weight is 296 g/mol. The van der Waals surface area contributed by atoms with Crippen LogP contribution in [0.5, 0.6) is 0 Å². The summed E-state index contributed by atoms with van der Waals surface area (Å²) in [7, 11) is -3.48. The molecule has 1 saturated carbocycles. The van der Waals surface area contributed by atoms with Crippen LogP contribution in [0.2, 0.25) is 0 Å². The van der Waals surface area contributed by atoms with Crippen LogP contribution in [0.25, 0.3) is 0 Å². The van der Waals surface area contributed by atoms with Crippen molar-refractivity contribution in [3.05, 3.63) is 29.8 Å². The van der Waals surface area contributed by atoms with Crippen molar-refractivity contribution in [3.8, 4) is 0 Å². The van der Waals surface area contributed by atoms with E-state index >= 15 is 0 Å². The maximum absolute atomic E-state index is 12.0. The topological polar surface area (TPSA) is 88.5 Å². The zero-order chi connectivity index (χ0) is 14.8. The minimum absolute atomic E-state index is 0.0693. The fraction of sp³-hybridized carbons (Fsp3) is 0.429. The molecular weight excluding hydrogens is 280 g/mol. The van der Waals surface area contributed by atoms with Gasteiger partial charge in [-0.1, -0.05) is 12.1 Å². The molecule has 2 rings (SSSR count). The number of carboxylic acid groups (broad SMARTS) is 1. The zero-order valence-corrected chi connectivity index (χ0v) is 11.7. The first-order valence-corrected chi connectivity index (χ1v) is 8.14. The standard InChI is InChI=1S/C14H16O5S/c15-13(16)2-1-9-20(18,19)12-7-5-11(6-8-12)14(17)10-3-4-10/h5-8,10H,1-4,9H2,(H,15,16). The van der Waals surface area contributed by atoms with E-state index in [1.165, 1.54) is 24.3 Å². The number of ketones is 1. The quantitative estimate of drug-likeness (QED) is 0.776. The molecule has 108 valence electrons. The van der Waals surface area contributed by atoms with Crippen LogP contribution >= 0.6 is 0 Å². The minimum atomic E-state index is -3.48. The van der Waals surface area contributed by atoms with Crippen molar-refractivity contribution < 1.29 is 23.1 Å². The Morgan fingerprint density at radius 1 is 1.15 bits per heavy atom. The molecule has 0 aliphatic heterocycles. The van der Waals surface area contributed by atoms with Crippen molar-refractivity contribution in [3.63, 3.8) is 0 Å². The molecule has 1 aliphatic carbocycles. The minimum Gasteiger partial charge on any atom is -0.481 e. The molecule has 1 aliphatic rings. The second kappa shape index (κ2) is 5.75. The predicted molar refractivity (Wildman–Crippen MR) is 72.4 cm³/mol. The first-order valence-electron chi connectivity index (χ1n) is 6.49. The molecule has 1 N–H and O–H groups in total. The van der Waals surface area contributed by atoms with Gasteiger partial charge in [-0.3, -0.25) is 9.59 Å². The lowest BCUT2D eigenvalue weighted by Gasteiger charge is -2.05. The van der Waals surface area contributed by atoms with Crippen molar-refractivity contribution in [1.29, 1.82) is 0 Å². The SMILES string of the molecule is O=C(O)CCCS(=O)(=O)c1ccc(C(=O)C2CC2)cc1. The third-order valence-electron chi connectivity index (χ3n) is 3.25. The number of carboxylic acids is 1. The lowest BCUT2D eigenvalue weighted by atomic mass is 10.1. The fourth-order valence-corrected chi connectivity index (χ4v) is 3.25. The highest BCUT2D eigenvalue weighted by Crippen LogP contribution is 2.32. The lowest BCUT2D eigenvalue weighted by molar-refractivity contribution is -0.137. The third kappa shape index (κ3) is 3.66. The number of sulfone groups is 1. The third-order valence-corrected chi connectivity index (χ3v) is 5.07. The average Bonchev–Trinajstić information content (AvgIpc) is 3.21. The van der Waals surface area contributed by atoms with Gasteiger partial charge in [-0.25, -0.2) is 8.42 Å². The Labute approximate surface area is 117 Å². The molecule has 0 atom stereocenters. The smallest absolute Gasteiger partial charge is 0.303 e. The van der Waals surface area contributed by atoms with E-state index in [0.717, 1.165) is 12.8 Å². The van der Waals surface area contributed by atoms with E-state index in [4.69, 9.17) is 5.11 Å². The van der Waals surface area contributed by atoms with Crippen molar-refractivity contribution in [1.82, 2.24) is 0 Å². The molecule has 1 fully saturated rings. The van der Waals surface area contributed by atoms with E-state index < -0.39 is 15.8 Å². The van der Waals surface area contributed by atoms with Crippen LogP contribution < -0.4 is 0 Å². The van der Waals surface area contributed by atoms with Gasteiger partial charge < -0.3 is 5.11 Å². The Kier molecular flexibility index (Phi) is 4.23. The van der Waals surface area contributed by atoms with Crippen LogP contribution in [-0.2, 0) is 14.6 Å². The van der Waals surface area contributed by atoms with Crippen LogP contribution in [0.3, 0.4) is 0 Å². The summed E-state index contributed by atoms with van der Waals surface area (Å²) >= 11 is 0. The monoisotopic (exact) mass is 296 g/mol. The number of rotatable bonds is 7. The molecule has 0 amide bonds. The first kappa shape index (κ1) is 14.7. The largest absolute Gasteiger partial charge is 0.481 e. The molecule has 0 unspecified atom stereocenters. The van der Waals surface area contributed by atoms with E-state index in [0.29, 0.717) is 5.56 Å². The number of benzene rings is 1. The summed E-state index contributed by atoms with van der Waals surface area (Å²) in [6, 6.07) is 5.91. The summed E-state index contributed by atoms with van der Waals surface area (Å²) in [5, 5.41) is 8.50. The van der Waals surface area contributed by atoms with Crippen LogP contribution in [0.1, 0.15) is 36.0 Å². The van der Waals surface area contributed by atoms with E-state index in [2.05, 4.69) is 0 Å². The molecule has 6 heteroatoms. The van der Waals surface area contributed by atoms with Crippen molar-refractivity contribution >= 4 is 21.6 Å². The maximum atomic E-state index is 12.0. The number of Topliss-reactive ketones (excluding diaryl/α,β-unsaturated/α-hetero) is 1. The molecular formula is C14H16O5S. The van der Waals surface area contributed by atoms with Gasteiger partial charge in [-0.15, -0.1) is 0 Å². The highest BCUT2D eigenvalue weighted by molar-refractivity contribution is 7.91. The van der Waals surface area contributed by atoms with E-state index in [9.17, 15) is 18.0 Å². The summed E-state index contributed by atoms with van der Waals surface area (Å²) in [4.78, 5) is 22.3. The van der Waals surface area contributed by atoms with Crippen LogP contribution in [0, 0.1) is 5.92 Å². The Hall–Kier alpha value is -1.69. The number of carbonyl (C=O) groups is 2. The summed E-state index contributed by atoms with van der Waals surface area (Å²) in [5.74, 6) is -1.03. The second-order valence-corrected chi connectivity index (χ2v) is 7.09. The Morgan fingerprint density at radius 2 is 1.75 bits per heavy atom. The normalized spacial score (nSPS) is 15.0. The number of aliphatic carboxylic acids is 1. The molecule has 0 radical (unpaired) electrons. The predicted octanol–water partition coefficient (Wildman–Crippen LogP) is 1.92. The summed E-state index contributed by atoms with van der Waals surface area (Å²) in [6.07, 6.45) is 1.74. The van der Waals surface area contributed by atoms with Gasteiger partial charge in [-0.05, 0) is 31.4 Å². The summed E-state index contributed by atoms with van der Waals surface area (Å²) in [6.45, 7) is 0. The molecule has 0 aromatic heterocycles. The molecule has 1 aromatic rings. The molecule has 0 spiro atoms. The maximum Gasteiger partial charge on any atom is 0.303 e. The molecule has 0 saturated heterocycles. The van der Waals surface area contributed by atoms with Crippen molar-refractivity contribution in [2.75, 3.05) is 5.75 Å². The summed E-state index contributed by atoms with van der Waals surface area (Å²) < 4.78 is 23.9. The van der Waals surface area contributed by atoms with E-state index in [1.807, 2.05) is 0 Å². The van der Waals surface area contributed by atoms with Gasteiger partial charge in [-0.2, -0.15) is 0 Å². The number of carbonyl (C=O) groups excluding carboxylic acids is 1. The second-order valence-electron chi connectivity index (χ2n) is 4.98. The highest BCUT2D eigenvalue weighted by atomic mass is 32.2. The molecule has 5 nitrogen and oxygen atoms in total. The van der Waals surface area contributed by atoms with Crippen molar-refractivity contribution in [2.45, 2.75) is 30.6 Å². The van der Waals surface area contributed by atoms with Gasteiger partial charge in [0.15, 0.2) is 15.6 Å². The van der Waals surface area contributed by atoms with Gasteiger partial charge in [0.2, 0.25) is 0 Å². The number of hydrogen-bond acceptors (Lipinski definition) is 4. The Morgan fingerprint density at radius 3 is 2.25 bits per heavy atom. The molecule has 20 heavy (non-hydrogen) atoms. The van der Waals surface area contributed by atoms with Gasteiger partial charge in [0.05, 0.1) is 10.6 Å². The van der Waals surface area contributed by atoms with Crippen LogP contribution in [0.15, 0.2) is 29.2 Å². The van der Waals surface area contributed by atoms with Gasteiger partial charge >= 0.3 is 5.97 Å². The lowest BCUT2D eigenvalue weighted by Crippen LogP contribution is -2.09. The van der Waals surface area contributed by atoms with Crippen LogP contribution in [-0.4, -0.2) is 31.0 Å².